The molecule has 0 aromatic heterocycles. The first-order valence-corrected chi connectivity index (χ1v) is 11.0. The van der Waals surface area contributed by atoms with Crippen LogP contribution in [0.2, 0.25) is 0 Å². The number of ether oxygens (including phenoxy) is 2. The van der Waals surface area contributed by atoms with Gasteiger partial charge in [-0.1, -0.05) is 23.8 Å². The van der Waals surface area contributed by atoms with Crippen molar-refractivity contribution in [2.24, 2.45) is 0 Å². The van der Waals surface area contributed by atoms with E-state index in [2.05, 4.69) is 10.0 Å². The molecule has 3 aromatic carbocycles. The van der Waals surface area contributed by atoms with Gasteiger partial charge in [-0.25, -0.2) is 8.42 Å². The summed E-state index contributed by atoms with van der Waals surface area (Å²) in [7, 11) is -1.12. The summed E-state index contributed by atoms with van der Waals surface area (Å²) < 4.78 is 39.0. The van der Waals surface area contributed by atoms with E-state index in [0.717, 1.165) is 11.1 Å². The fourth-order valence-corrected chi connectivity index (χ4v) is 4.23. The van der Waals surface area contributed by atoms with E-state index >= 15 is 0 Å². The second-order valence-corrected chi connectivity index (χ2v) is 8.65. The number of benzene rings is 3. The number of rotatable bonds is 7. The number of carbonyl (C=O) groups is 1. The molecular formula is C23H24N2O5S. The van der Waals surface area contributed by atoms with E-state index in [9.17, 15) is 13.2 Å². The van der Waals surface area contributed by atoms with E-state index in [1.165, 1.54) is 32.4 Å². The molecule has 0 saturated carbocycles. The average Bonchev–Trinajstić information content (AvgIpc) is 2.75. The minimum absolute atomic E-state index is 0.129. The fraction of sp³-hybridized carbons (Fsp3) is 0.174. The number of hydrogen-bond donors (Lipinski definition) is 2. The van der Waals surface area contributed by atoms with Gasteiger partial charge in [0.2, 0.25) is 0 Å². The zero-order valence-electron chi connectivity index (χ0n) is 17.7. The van der Waals surface area contributed by atoms with Crippen LogP contribution in [-0.4, -0.2) is 28.5 Å². The second kappa shape index (κ2) is 9.09. The molecule has 7 nitrogen and oxygen atoms in total. The maximum Gasteiger partial charge on any atom is 0.265 e. The highest BCUT2D eigenvalue weighted by atomic mass is 32.2. The van der Waals surface area contributed by atoms with Crippen LogP contribution in [0.1, 0.15) is 21.5 Å². The van der Waals surface area contributed by atoms with E-state index in [0.29, 0.717) is 17.1 Å². The molecule has 1 amide bonds. The van der Waals surface area contributed by atoms with Crippen molar-refractivity contribution >= 4 is 27.3 Å². The van der Waals surface area contributed by atoms with E-state index in [1.807, 2.05) is 19.9 Å². The predicted molar refractivity (Wildman–Crippen MR) is 121 cm³/mol. The lowest BCUT2D eigenvalue weighted by Gasteiger charge is -2.14. The number of aryl methyl sites for hydroxylation is 2. The van der Waals surface area contributed by atoms with Crippen molar-refractivity contribution in [2.75, 3.05) is 24.3 Å². The molecule has 0 unspecified atom stereocenters. The van der Waals surface area contributed by atoms with Gasteiger partial charge in [0, 0.05) is 11.3 Å². The van der Waals surface area contributed by atoms with Crippen molar-refractivity contribution in [1.29, 1.82) is 0 Å². The second-order valence-electron chi connectivity index (χ2n) is 7.00. The Morgan fingerprint density at radius 1 is 0.806 bits per heavy atom. The van der Waals surface area contributed by atoms with Crippen LogP contribution in [0.3, 0.4) is 0 Å². The first-order valence-electron chi connectivity index (χ1n) is 9.47. The highest BCUT2D eigenvalue weighted by Crippen LogP contribution is 2.29. The standard InChI is InChI=1S/C23H24N2O5S/c1-15-5-9-18(10-6-15)25-31(27,28)22-14-17(8-12-21(22)30-4)23(26)24-19-13-16(2)7-11-20(19)29-3/h5-14,25H,1-4H3,(H,24,26). The first-order chi connectivity index (χ1) is 14.7. The molecule has 0 bridgehead atoms. The molecule has 0 aliphatic heterocycles. The molecule has 0 spiro atoms. The van der Waals surface area contributed by atoms with E-state index in [1.54, 1.807) is 36.4 Å². The molecule has 3 rings (SSSR count). The molecule has 0 heterocycles. The smallest absolute Gasteiger partial charge is 0.265 e. The molecule has 8 heteroatoms. The molecule has 3 aromatic rings. The van der Waals surface area contributed by atoms with Gasteiger partial charge in [0.05, 0.1) is 19.9 Å². The minimum Gasteiger partial charge on any atom is -0.495 e. The Bertz CT molecular complexity index is 1210. The van der Waals surface area contributed by atoms with Crippen molar-refractivity contribution in [2.45, 2.75) is 18.7 Å². The lowest BCUT2D eigenvalue weighted by molar-refractivity contribution is 0.102. The number of anilines is 2. The first kappa shape index (κ1) is 22.2. The molecule has 0 saturated heterocycles. The third-order valence-electron chi connectivity index (χ3n) is 4.62. The van der Waals surface area contributed by atoms with Crippen LogP contribution in [-0.2, 0) is 10.0 Å². The SMILES string of the molecule is COc1ccc(C)cc1NC(=O)c1ccc(OC)c(S(=O)(=O)Nc2ccc(C)cc2)c1. The molecule has 0 atom stereocenters. The van der Waals surface area contributed by atoms with Gasteiger partial charge in [-0.3, -0.25) is 9.52 Å². The zero-order chi connectivity index (χ0) is 22.6. The number of amides is 1. The lowest BCUT2D eigenvalue weighted by atomic mass is 10.1. The van der Waals surface area contributed by atoms with Gasteiger partial charge in [-0.05, 0) is 61.9 Å². The number of sulfonamides is 1. The van der Waals surface area contributed by atoms with Gasteiger partial charge in [-0.2, -0.15) is 0 Å². The number of methoxy groups -OCH3 is 2. The fourth-order valence-electron chi connectivity index (χ4n) is 2.97. The summed E-state index contributed by atoms with van der Waals surface area (Å²) in [5.41, 5.74) is 3.01. The van der Waals surface area contributed by atoms with Gasteiger partial charge >= 0.3 is 0 Å². The van der Waals surface area contributed by atoms with Gasteiger partial charge in [-0.15, -0.1) is 0 Å². The Morgan fingerprint density at radius 2 is 1.42 bits per heavy atom. The topological polar surface area (TPSA) is 93.7 Å². The van der Waals surface area contributed by atoms with Crippen LogP contribution in [0.4, 0.5) is 11.4 Å². The van der Waals surface area contributed by atoms with Gasteiger partial charge in [0.15, 0.2) is 0 Å². The highest BCUT2D eigenvalue weighted by Gasteiger charge is 2.22. The summed E-state index contributed by atoms with van der Waals surface area (Å²) in [5, 5.41) is 2.77. The molecule has 31 heavy (non-hydrogen) atoms. The van der Waals surface area contributed by atoms with Crippen LogP contribution in [0.25, 0.3) is 0 Å². The Morgan fingerprint density at radius 3 is 2.06 bits per heavy atom. The summed E-state index contributed by atoms with van der Waals surface area (Å²) in [6, 6.07) is 16.6. The van der Waals surface area contributed by atoms with Crippen molar-refractivity contribution < 1.29 is 22.7 Å². The van der Waals surface area contributed by atoms with Gasteiger partial charge in [0.1, 0.15) is 16.4 Å². The van der Waals surface area contributed by atoms with Crippen molar-refractivity contribution in [3.05, 3.63) is 77.4 Å². The van der Waals surface area contributed by atoms with E-state index < -0.39 is 15.9 Å². The summed E-state index contributed by atoms with van der Waals surface area (Å²) in [4.78, 5) is 12.7. The van der Waals surface area contributed by atoms with Crippen LogP contribution >= 0.6 is 0 Å². The molecule has 0 aliphatic rings. The monoisotopic (exact) mass is 440 g/mol. The normalized spacial score (nSPS) is 11.0. The maximum atomic E-state index is 13.0. The molecular weight excluding hydrogens is 416 g/mol. The van der Waals surface area contributed by atoms with Crippen molar-refractivity contribution in [3.63, 3.8) is 0 Å². The summed E-state index contributed by atoms with van der Waals surface area (Å²) in [5.74, 6) is 0.156. The molecule has 0 aliphatic carbocycles. The number of hydrogen-bond acceptors (Lipinski definition) is 5. The average molecular weight is 441 g/mol. The Balaban J connectivity index is 1.94. The highest BCUT2D eigenvalue weighted by molar-refractivity contribution is 7.92. The van der Waals surface area contributed by atoms with Gasteiger partial charge < -0.3 is 14.8 Å². The van der Waals surface area contributed by atoms with Crippen LogP contribution in [0.5, 0.6) is 11.5 Å². The Kier molecular flexibility index (Phi) is 6.50. The third kappa shape index (κ3) is 5.16. The minimum atomic E-state index is -4.00. The van der Waals surface area contributed by atoms with Crippen molar-refractivity contribution in [3.8, 4) is 11.5 Å². The van der Waals surface area contributed by atoms with Crippen LogP contribution in [0.15, 0.2) is 65.6 Å². The van der Waals surface area contributed by atoms with Gasteiger partial charge in [0.25, 0.3) is 15.9 Å². The summed E-state index contributed by atoms with van der Waals surface area (Å²) in [6.45, 7) is 3.80. The quantitative estimate of drug-likeness (QED) is 0.569. The van der Waals surface area contributed by atoms with Crippen molar-refractivity contribution in [1.82, 2.24) is 0 Å². The Labute approximate surface area is 182 Å². The molecule has 0 fully saturated rings. The van der Waals surface area contributed by atoms with E-state index in [-0.39, 0.29) is 16.2 Å². The summed E-state index contributed by atoms with van der Waals surface area (Å²) >= 11 is 0. The maximum absolute atomic E-state index is 13.0. The zero-order valence-corrected chi connectivity index (χ0v) is 18.5. The largest absolute Gasteiger partial charge is 0.495 e. The molecule has 162 valence electrons. The number of carbonyl (C=O) groups excluding carboxylic acids is 1. The van der Waals surface area contributed by atoms with E-state index in [4.69, 9.17) is 9.47 Å². The Hall–Kier alpha value is -3.52. The molecule has 2 N–H and O–H groups in total. The lowest BCUT2D eigenvalue weighted by Crippen LogP contribution is -2.17. The predicted octanol–water partition coefficient (Wildman–Crippen LogP) is 4.37. The van der Waals surface area contributed by atoms with Crippen LogP contribution < -0.4 is 19.5 Å². The summed E-state index contributed by atoms with van der Waals surface area (Å²) in [6.07, 6.45) is 0. The third-order valence-corrected chi connectivity index (χ3v) is 6.02. The number of nitrogens with one attached hydrogen (secondary N) is 2. The van der Waals surface area contributed by atoms with Crippen LogP contribution in [0, 0.1) is 13.8 Å². The molecule has 0 radical (unpaired) electrons.